The van der Waals surface area contributed by atoms with Crippen LogP contribution in [0.3, 0.4) is 0 Å². The second-order valence-corrected chi connectivity index (χ2v) is 6.65. The van der Waals surface area contributed by atoms with E-state index in [2.05, 4.69) is 6.58 Å². The first kappa shape index (κ1) is 10.3. The number of hydrogen-bond donors (Lipinski definition) is 0. The molecule has 1 nitrogen and oxygen atoms in total. The molecular formula is C11H15OP. The van der Waals surface area contributed by atoms with Crippen molar-refractivity contribution < 1.29 is 4.57 Å². The molecule has 0 heterocycles. The second-order valence-electron chi connectivity index (χ2n) is 3.32. The summed E-state index contributed by atoms with van der Waals surface area (Å²) in [7, 11) is -2.36. The van der Waals surface area contributed by atoms with E-state index in [0.717, 1.165) is 5.30 Å². The van der Waals surface area contributed by atoms with Crippen LogP contribution in [0.1, 0.15) is 13.8 Å². The molecule has 0 saturated carbocycles. The van der Waals surface area contributed by atoms with Gasteiger partial charge in [0.05, 0.1) is 0 Å². The highest BCUT2D eigenvalue weighted by Gasteiger charge is 2.24. The molecule has 0 radical (unpaired) electrons. The zero-order valence-corrected chi connectivity index (χ0v) is 9.00. The summed E-state index contributed by atoms with van der Waals surface area (Å²) in [6.45, 7) is 7.60. The van der Waals surface area contributed by atoms with E-state index in [1.165, 1.54) is 0 Å². The quantitative estimate of drug-likeness (QED) is 0.675. The second kappa shape index (κ2) is 3.93. The fraction of sp³-hybridized carbons (Fsp3) is 0.273. The predicted octanol–water partition coefficient (Wildman–Crippen LogP) is 3.23. The van der Waals surface area contributed by atoms with Crippen molar-refractivity contribution in [1.82, 2.24) is 0 Å². The average Bonchev–Trinajstić information content (AvgIpc) is 2.17. The molecule has 70 valence electrons. The molecule has 0 amide bonds. The average molecular weight is 194 g/mol. The van der Waals surface area contributed by atoms with E-state index in [9.17, 15) is 4.57 Å². The standard InChI is InChI=1S/C11H15OP/c1-4-13(12,10(2)3)11-8-6-5-7-9-11/h4-10H,1H2,2-3H3. The molecule has 0 aromatic heterocycles. The Morgan fingerprint density at radius 1 is 1.31 bits per heavy atom. The van der Waals surface area contributed by atoms with E-state index >= 15 is 0 Å². The molecule has 0 aliphatic rings. The molecule has 1 atom stereocenters. The third-order valence-corrected chi connectivity index (χ3v) is 5.38. The molecule has 0 aliphatic carbocycles. The first-order valence-electron chi connectivity index (χ1n) is 4.40. The molecule has 0 fully saturated rings. The Bertz CT molecular complexity index is 327. The molecule has 2 heteroatoms. The van der Waals surface area contributed by atoms with Crippen molar-refractivity contribution in [2.75, 3.05) is 0 Å². The van der Waals surface area contributed by atoms with Gasteiger partial charge in [0.1, 0.15) is 7.14 Å². The molecule has 1 aromatic carbocycles. The topological polar surface area (TPSA) is 17.1 Å². The van der Waals surface area contributed by atoms with Gasteiger partial charge < -0.3 is 4.57 Å². The summed E-state index contributed by atoms with van der Waals surface area (Å²) in [6.07, 6.45) is 0. The van der Waals surface area contributed by atoms with Crippen LogP contribution in [0.25, 0.3) is 0 Å². The largest absolute Gasteiger partial charge is 0.314 e. The molecule has 0 saturated heterocycles. The Morgan fingerprint density at radius 2 is 1.85 bits per heavy atom. The van der Waals surface area contributed by atoms with Gasteiger partial charge in [-0.25, -0.2) is 0 Å². The van der Waals surface area contributed by atoms with Crippen LogP contribution in [0.5, 0.6) is 0 Å². The van der Waals surface area contributed by atoms with Crippen LogP contribution in [-0.2, 0) is 4.57 Å². The van der Waals surface area contributed by atoms with E-state index in [4.69, 9.17) is 0 Å². The molecule has 0 N–H and O–H groups in total. The maximum absolute atomic E-state index is 12.4. The number of hydrogen-bond acceptors (Lipinski definition) is 1. The van der Waals surface area contributed by atoms with Crippen LogP contribution in [0.15, 0.2) is 42.7 Å². The summed E-state index contributed by atoms with van der Waals surface area (Å²) >= 11 is 0. The Labute approximate surface area is 79.9 Å². The summed E-state index contributed by atoms with van der Waals surface area (Å²) in [5.74, 6) is 1.60. The van der Waals surface area contributed by atoms with Crippen molar-refractivity contribution in [2.24, 2.45) is 0 Å². The van der Waals surface area contributed by atoms with Crippen molar-refractivity contribution in [2.45, 2.75) is 19.5 Å². The molecule has 0 aliphatic heterocycles. The van der Waals surface area contributed by atoms with Gasteiger partial charge in [-0.15, -0.1) is 0 Å². The monoisotopic (exact) mass is 194 g/mol. The van der Waals surface area contributed by atoms with E-state index < -0.39 is 7.14 Å². The lowest BCUT2D eigenvalue weighted by Crippen LogP contribution is -2.09. The number of rotatable bonds is 3. The highest BCUT2D eigenvalue weighted by atomic mass is 31.2. The fourth-order valence-electron chi connectivity index (χ4n) is 1.28. The van der Waals surface area contributed by atoms with Crippen molar-refractivity contribution >= 4 is 12.4 Å². The molecule has 0 bridgehead atoms. The fourth-order valence-corrected chi connectivity index (χ4v) is 3.14. The minimum Gasteiger partial charge on any atom is -0.314 e. The van der Waals surface area contributed by atoms with Crippen LogP contribution in [0, 0.1) is 0 Å². The molecule has 13 heavy (non-hydrogen) atoms. The summed E-state index contributed by atoms with van der Waals surface area (Å²) in [6, 6.07) is 9.56. The highest BCUT2D eigenvalue weighted by molar-refractivity contribution is 7.75. The SMILES string of the molecule is C=CP(=O)(c1ccccc1)C(C)C. The van der Waals surface area contributed by atoms with E-state index in [0.29, 0.717) is 0 Å². The summed E-state index contributed by atoms with van der Waals surface area (Å²) in [4.78, 5) is 0. The Kier molecular flexibility index (Phi) is 3.11. The lowest BCUT2D eigenvalue weighted by molar-refractivity contribution is 0.581. The van der Waals surface area contributed by atoms with Crippen LogP contribution < -0.4 is 5.30 Å². The van der Waals surface area contributed by atoms with E-state index in [-0.39, 0.29) is 5.66 Å². The van der Waals surface area contributed by atoms with Crippen LogP contribution in [0.2, 0.25) is 0 Å². The lowest BCUT2D eigenvalue weighted by Gasteiger charge is -2.17. The molecule has 0 spiro atoms. The maximum atomic E-state index is 12.4. The first-order chi connectivity index (χ1) is 6.11. The Balaban J connectivity index is 3.19. The summed E-state index contributed by atoms with van der Waals surface area (Å²) in [5, 5.41) is 0.903. The van der Waals surface area contributed by atoms with Gasteiger partial charge in [-0.1, -0.05) is 50.8 Å². The van der Waals surface area contributed by atoms with Crippen molar-refractivity contribution in [3.05, 3.63) is 42.7 Å². The summed E-state index contributed by atoms with van der Waals surface area (Å²) < 4.78 is 12.4. The van der Waals surface area contributed by atoms with Crippen LogP contribution >= 0.6 is 7.14 Å². The molecule has 1 aromatic rings. The molecular weight excluding hydrogens is 179 g/mol. The zero-order valence-electron chi connectivity index (χ0n) is 8.10. The third kappa shape index (κ3) is 1.92. The molecule has 1 unspecified atom stereocenters. The smallest absolute Gasteiger partial charge is 0.138 e. The maximum Gasteiger partial charge on any atom is 0.138 e. The normalized spacial score (nSPS) is 15.3. The molecule has 1 rings (SSSR count). The third-order valence-electron chi connectivity index (χ3n) is 2.20. The van der Waals surface area contributed by atoms with Crippen LogP contribution in [-0.4, -0.2) is 5.66 Å². The van der Waals surface area contributed by atoms with Gasteiger partial charge in [0.15, 0.2) is 0 Å². The van der Waals surface area contributed by atoms with Gasteiger partial charge >= 0.3 is 0 Å². The Hall–Kier alpha value is -0.810. The van der Waals surface area contributed by atoms with Crippen LogP contribution in [0.4, 0.5) is 0 Å². The number of benzene rings is 1. The first-order valence-corrected chi connectivity index (χ1v) is 6.24. The lowest BCUT2D eigenvalue weighted by atomic mass is 10.4. The van der Waals surface area contributed by atoms with Crippen molar-refractivity contribution in [3.8, 4) is 0 Å². The zero-order chi connectivity index (χ0) is 9.90. The van der Waals surface area contributed by atoms with Gasteiger partial charge in [-0.3, -0.25) is 0 Å². The van der Waals surface area contributed by atoms with E-state index in [1.54, 1.807) is 5.82 Å². The predicted molar refractivity (Wildman–Crippen MR) is 59.0 cm³/mol. The van der Waals surface area contributed by atoms with Gasteiger partial charge in [0.25, 0.3) is 0 Å². The minimum absolute atomic E-state index is 0.132. The highest BCUT2D eigenvalue weighted by Crippen LogP contribution is 2.50. The Morgan fingerprint density at radius 3 is 2.23 bits per heavy atom. The van der Waals surface area contributed by atoms with E-state index in [1.807, 2.05) is 44.2 Å². The van der Waals surface area contributed by atoms with Crippen molar-refractivity contribution in [1.29, 1.82) is 0 Å². The van der Waals surface area contributed by atoms with Gasteiger partial charge in [0, 0.05) is 11.0 Å². The summed E-state index contributed by atoms with van der Waals surface area (Å²) in [5.41, 5.74) is 0.132. The van der Waals surface area contributed by atoms with Gasteiger partial charge in [-0.05, 0) is 5.82 Å². The van der Waals surface area contributed by atoms with Crippen molar-refractivity contribution in [3.63, 3.8) is 0 Å². The van der Waals surface area contributed by atoms with Gasteiger partial charge in [-0.2, -0.15) is 0 Å². The minimum atomic E-state index is -2.36. The van der Waals surface area contributed by atoms with Gasteiger partial charge in [0.2, 0.25) is 0 Å².